The van der Waals surface area contributed by atoms with Gasteiger partial charge in [-0.25, -0.2) is 0 Å². The van der Waals surface area contributed by atoms with Crippen LogP contribution in [0.15, 0.2) is 0 Å². The molecule has 0 aliphatic rings. The first-order chi connectivity index (χ1) is 6.26. The van der Waals surface area contributed by atoms with Crippen molar-refractivity contribution in [1.29, 1.82) is 0 Å². The number of ether oxygens (including phenoxy) is 1. The van der Waals surface area contributed by atoms with E-state index in [2.05, 4.69) is 6.92 Å². The normalized spacial score (nSPS) is 12.5. The van der Waals surface area contributed by atoms with E-state index in [1.165, 1.54) is 0 Å². The average molecular weight is 187 g/mol. The number of carbonyl (C=O) groups excluding carboxylic acids is 1. The van der Waals surface area contributed by atoms with Crippen LogP contribution in [0, 0.1) is 5.92 Å². The minimum Gasteiger partial charge on any atom is -0.465 e. The Hall–Kier alpha value is -0.570. The van der Waals surface area contributed by atoms with Gasteiger partial charge in [0.05, 0.1) is 12.5 Å². The zero-order chi connectivity index (χ0) is 10.1. The van der Waals surface area contributed by atoms with Gasteiger partial charge >= 0.3 is 5.97 Å². The van der Waals surface area contributed by atoms with E-state index < -0.39 is 0 Å². The van der Waals surface area contributed by atoms with E-state index in [1.807, 2.05) is 6.92 Å². The third-order valence-corrected chi connectivity index (χ3v) is 2.10. The second kappa shape index (κ2) is 8.05. The van der Waals surface area contributed by atoms with Crippen LogP contribution in [-0.2, 0) is 9.53 Å². The van der Waals surface area contributed by atoms with E-state index in [4.69, 9.17) is 10.5 Å². The molecule has 0 amide bonds. The van der Waals surface area contributed by atoms with E-state index in [0.29, 0.717) is 13.2 Å². The molecule has 13 heavy (non-hydrogen) atoms. The van der Waals surface area contributed by atoms with Gasteiger partial charge in [-0.2, -0.15) is 0 Å². The number of unbranched alkanes of at least 4 members (excludes halogenated alkanes) is 2. The summed E-state index contributed by atoms with van der Waals surface area (Å²) in [6, 6.07) is 0. The van der Waals surface area contributed by atoms with Crippen LogP contribution in [0.4, 0.5) is 0 Å². The summed E-state index contributed by atoms with van der Waals surface area (Å²) in [7, 11) is 0. The zero-order valence-electron chi connectivity index (χ0n) is 8.71. The van der Waals surface area contributed by atoms with Gasteiger partial charge < -0.3 is 10.5 Å². The van der Waals surface area contributed by atoms with Crippen LogP contribution >= 0.6 is 0 Å². The van der Waals surface area contributed by atoms with Crippen molar-refractivity contribution in [1.82, 2.24) is 0 Å². The molecule has 0 saturated carbocycles. The highest BCUT2D eigenvalue weighted by atomic mass is 16.5. The maximum absolute atomic E-state index is 11.3. The maximum atomic E-state index is 11.3. The van der Waals surface area contributed by atoms with Gasteiger partial charge in [-0.15, -0.1) is 0 Å². The second-order valence-electron chi connectivity index (χ2n) is 3.22. The van der Waals surface area contributed by atoms with Crippen LogP contribution in [0.5, 0.6) is 0 Å². The molecule has 0 aliphatic heterocycles. The lowest BCUT2D eigenvalue weighted by atomic mass is 10.1. The van der Waals surface area contributed by atoms with E-state index in [9.17, 15) is 4.79 Å². The first kappa shape index (κ1) is 12.4. The predicted molar refractivity (Wildman–Crippen MR) is 53.3 cm³/mol. The second-order valence-corrected chi connectivity index (χ2v) is 3.22. The van der Waals surface area contributed by atoms with Gasteiger partial charge in [0, 0.05) is 6.54 Å². The maximum Gasteiger partial charge on any atom is 0.310 e. The molecular formula is C10H21NO2. The molecule has 0 aliphatic carbocycles. The summed E-state index contributed by atoms with van der Waals surface area (Å²) in [5.74, 6) is -0.247. The largest absolute Gasteiger partial charge is 0.465 e. The Morgan fingerprint density at radius 2 is 2.08 bits per heavy atom. The Balaban J connectivity index is 3.48. The molecule has 0 radical (unpaired) electrons. The minimum atomic E-state index is -0.138. The summed E-state index contributed by atoms with van der Waals surface area (Å²) in [6.07, 6.45) is 3.99. The van der Waals surface area contributed by atoms with Crippen molar-refractivity contribution in [2.75, 3.05) is 13.2 Å². The number of carbonyl (C=O) groups is 1. The number of esters is 1. The van der Waals surface area contributed by atoms with Crippen LogP contribution in [0.25, 0.3) is 0 Å². The molecule has 0 aromatic heterocycles. The van der Waals surface area contributed by atoms with Crippen LogP contribution in [-0.4, -0.2) is 19.1 Å². The molecule has 3 nitrogen and oxygen atoms in total. The number of hydrogen-bond acceptors (Lipinski definition) is 3. The van der Waals surface area contributed by atoms with E-state index >= 15 is 0 Å². The number of hydrogen-bond donors (Lipinski definition) is 1. The topological polar surface area (TPSA) is 52.3 Å². The van der Waals surface area contributed by atoms with Gasteiger partial charge in [-0.05, 0) is 12.8 Å². The summed E-state index contributed by atoms with van der Waals surface area (Å²) in [5.41, 5.74) is 5.41. The highest BCUT2D eigenvalue weighted by molar-refractivity contribution is 5.72. The van der Waals surface area contributed by atoms with E-state index in [1.54, 1.807) is 0 Å². The first-order valence-electron chi connectivity index (χ1n) is 5.12. The molecule has 0 fully saturated rings. The van der Waals surface area contributed by atoms with Crippen molar-refractivity contribution < 1.29 is 9.53 Å². The molecule has 0 bridgehead atoms. The molecule has 1 atom stereocenters. The van der Waals surface area contributed by atoms with Crippen molar-refractivity contribution in [3.05, 3.63) is 0 Å². The van der Waals surface area contributed by atoms with Crippen LogP contribution in [0.3, 0.4) is 0 Å². The van der Waals surface area contributed by atoms with Gasteiger partial charge in [-0.3, -0.25) is 4.79 Å². The fraction of sp³-hybridized carbons (Fsp3) is 0.900. The van der Waals surface area contributed by atoms with Crippen molar-refractivity contribution in [3.8, 4) is 0 Å². The standard InChI is InChI=1S/C10H21NO2/c1-3-5-6-7-13-10(12)9(4-2)8-11/h9H,3-8,11H2,1-2H3. The Bertz CT molecular complexity index is 133. The molecule has 0 saturated heterocycles. The minimum absolute atomic E-state index is 0.110. The van der Waals surface area contributed by atoms with E-state index in [-0.39, 0.29) is 11.9 Å². The summed E-state index contributed by atoms with van der Waals surface area (Å²) < 4.78 is 5.07. The summed E-state index contributed by atoms with van der Waals surface area (Å²) >= 11 is 0. The molecule has 2 N–H and O–H groups in total. The van der Waals surface area contributed by atoms with Gasteiger partial charge in [0.1, 0.15) is 0 Å². The summed E-state index contributed by atoms with van der Waals surface area (Å²) in [6.45, 7) is 5.01. The van der Waals surface area contributed by atoms with Crippen molar-refractivity contribution >= 4 is 5.97 Å². The third kappa shape index (κ3) is 5.64. The molecular weight excluding hydrogens is 166 g/mol. The molecule has 0 heterocycles. The molecule has 1 unspecified atom stereocenters. The lowest BCUT2D eigenvalue weighted by molar-refractivity contribution is -0.148. The van der Waals surface area contributed by atoms with Gasteiger partial charge in [0.25, 0.3) is 0 Å². The van der Waals surface area contributed by atoms with Crippen LogP contribution < -0.4 is 5.73 Å². The summed E-state index contributed by atoms with van der Waals surface area (Å²) in [4.78, 5) is 11.3. The fourth-order valence-electron chi connectivity index (χ4n) is 1.07. The zero-order valence-corrected chi connectivity index (χ0v) is 8.71. The van der Waals surface area contributed by atoms with E-state index in [0.717, 1.165) is 25.7 Å². The Kier molecular flexibility index (Phi) is 7.69. The van der Waals surface area contributed by atoms with Crippen molar-refractivity contribution in [2.24, 2.45) is 11.7 Å². The Morgan fingerprint density at radius 3 is 2.54 bits per heavy atom. The SMILES string of the molecule is CCCCCOC(=O)C(CC)CN. The summed E-state index contributed by atoms with van der Waals surface area (Å²) in [5, 5.41) is 0. The molecule has 0 spiro atoms. The first-order valence-corrected chi connectivity index (χ1v) is 5.12. The molecule has 0 aromatic carbocycles. The van der Waals surface area contributed by atoms with Crippen molar-refractivity contribution in [3.63, 3.8) is 0 Å². The quantitative estimate of drug-likeness (QED) is 0.487. The van der Waals surface area contributed by atoms with Crippen LogP contribution in [0.2, 0.25) is 0 Å². The Labute approximate surface area is 80.6 Å². The molecule has 0 aromatic rings. The van der Waals surface area contributed by atoms with Gasteiger partial charge in [0.15, 0.2) is 0 Å². The number of rotatable bonds is 7. The smallest absolute Gasteiger partial charge is 0.310 e. The molecule has 78 valence electrons. The monoisotopic (exact) mass is 187 g/mol. The average Bonchev–Trinajstić information content (AvgIpc) is 2.14. The Morgan fingerprint density at radius 1 is 1.38 bits per heavy atom. The van der Waals surface area contributed by atoms with Crippen molar-refractivity contribution in [2.45, 2.75) is 39.5 Å². The lowest BCUT2D eigenvalue weighted by Gasteiger charge is -2.11. The van der Waals surface area contributed by atoms with Gasteiger partial charge in [-0.1, -0.05) is 26.7 Å². The highest BCUT2D eigenvalue weighted by Gasteiger charge is 2.15. The predicted octanol–water partition coefficient (Wildman–Crippen LogP) is 1.70. The number of nitrogens with two attached hydrogens (primary N) is 1. The highest BCUT2D eigenvalue weighted by Crippen LogP contribution is 2.04. The third-order valence-electron chi connectivity index (χ3n) is 2.10. The molecule has 0 rings (SSSR count). The molecule has 3 heteroatoms. The van der Waals surface area contributed by atoms with Crippen LogP contribution in [0.1, 0.15) is 39.5 Å². The lowest BCUT2D eigenvalue weighted by Crippen LogP contribution is -2.25. The van der Waals surface area contributed by atoms with Gasteiger partial charge in [0.2, 0.25) is 0 Å². The fourth-order valence-corrected chi connectivity index (χ4v) is 1.07.